The molecule has 7 heteroatoms. The van der Waals surface area contributed by atoms with Gasteiger partial charge < -0.3 is 20.1 Å². The highest BCUT2D eigenvalue weighted by atomic mass is 16.2. The van der Waals surface area contributed by atoms with E-state index in [4.69, 9.17) is 0 Å². The van der Waals surface area contributed by atoms with Crippen LogP contribution in [0.5, 0.6) is 0 Å². The van der Waals surface area contributed by atoms with Gasteiger partial charge in [-0.25, -0.2) is 9.78 Å². The Morgan fingerprint density at radius 2 is 2.15 bits per heavy atom. The van der Waals surface area contributed by atoms with Crippen molar-refractivity contribution in [1.82, 2.24) is 25.1 Å². The molecule has 2 N–H and O–H groups in total. The second-order valence-corrected chi connectivity index (χ2v) is 5.54. The van der Waals surface area contributed by atoms with Gasteiger partial charge in [0.2, 0.25) is 5.91 Å². The Balaban J connectivity index is 1.37. The Morgan fingerprint density at radius 3 is 2.75 bits per heavy atom. The van der Waals surface area contributed by atoms with Crippen LogP contribution in [-0.2, 0) is 18.4 Å². The van der Waals surface area contributed by atoms with Crippen LogP contribution >= 0.6 is 0 Å². The maximum absolute atomic E-state index is 11.9. The summed E-state index contributed by atoms with van der Waals surface area (Å²) in [5.74, 6) is 0.368. The van der Waals surface area contributed by atoms with E-state index in [0.29, 0.717) is 19.6 Å². The average molecular weight is 277 g/mol. The summed E-state index contributed by atoms with van der Waals surface area (Å²) in [4.78, 5) is 29.1. The predicted octanol–water partition coefficient (Wildman–Crippen LogP) is -0.160. The number of hydrogen-bond donors (Lipinski definition) is 2. The van der Waals surface area contributed by atoms with Crippen molar-refractivity contribution in [2.24, 2.45) is 13.0 Å². The fourth-order valence-corrected chi connectivity index (χ4v) is 2.23. The van der Waals surface area contributed by atoms with Gasteiger partial charge in [-0.1, -0.05) is 0 Å². The fraction of sp³-hybridized carbons (Fsp3) is 0.615. The molecule has 1 saturated heterocycles. The van der Waals surface area contributed by atoms with Crippen molar-refractivity contribution >= 4 is 11.9 Å². The lowest BCUT2D eigenvalue weighted by molar-refractivity contribution is -0.123. The fourth-order valence-electron chi connectivity index (χ4n) is 2.23. The summed E-state index contributed by atoms with van der Waals surface area (Å²) in [6, 6.07) is 0.0219. The molecule has 7 nitrogen and oxygen atoms in total. The number of hydrogen-bond acceptors (Lipinski definition) is 3. The molecule has 0 radical (unpaired) electrons. The Labute approximate surface area is 117 Å². The van der Waals surface area contributed by atoms with Crippen LogP contribution in [-0.4, -0.2) is 45.5 Å². The lowest BCUT2D eigenvalue weighted by Gasteiger charge is -2.39. The highest BCUT2D eigenvalue weighted by Crippen LogP contribution is 2.29. The summed E-state index contributed by atoms with van der Waals surface area (Å²) in [6.45, 7) is 1.65. The molecule has 0 bridgehead atoms. The largest absolute Gasteiger partial charge is 0.350 e. The zero-order valence-electron chi connectivity index (χ0n) is 11.5. The van der Waals surface area contributed by atoms with E-state index in [1.54, 1.807) is 17.4 Å². The van der Waals surface area contributed by atoms with Crippen molar-refractivity contribution < 1.29 is 9.59 Å². The first-order valence-electron chi connectivity index (χ1n) is 6.92. The molecule has 1 aliphatic heterocycles. The zero-order valence-corrected chi connectivity index (χ0v) is 11.5. The van der Waals surface area contributed by atoms with Gasteiger partial charge in [-0.15, -0.1) is 0 Å². The first kappa shape index (κ1) is 13.0. The van der Waals surface area contributed by atoms with Crippen LogP contribution in [0, 0.1) is 5.92 Å². The topological polar surface area (TPSA) is 79.3 Å². The third-order valence-electron chi connectivity index (χ3n) is 3.80. The van der Waals surface area contributed by atoms with Crippen LogP contribution < -0.4 is 10.6 Å². The minimum absolute atomic E-state index is 0.0943. The summed E-state index contributed by atoms with van der Waals surface area (Å²) in [7, 11) is 1.89. The number of aryl methyl sites for hydroxylation is 1. The van der Waals surface area contributed by atoms with E-state index < -0.39 is 0 Å². The van der Waals surface area contributed by atoms with Crippen molar-refractivity contribution in [3.63, 3.8) is 0 Å². The molecular formula is C13H19N5O2. The van der Waals surface area contributed by atoms with E-state index in [0.717, 1.165) is 18.5 Å². The average Bonchev–Trinajstić information content (AvgIpc) is 3.14. The monoisotopic (exact) mass is 277 g/mol. The van der Waals surface area contributed by atoms with Gasteiger partial charge in [0.05, 0.1) is 24.6 Å². The highest BCUT2D eigenvalue weighted by molar-refractivity contribution is 5.82. The normalized spacial score (nSPS) is 18.6. The van der Waals surface area contributed by atoms with Gasteiger partial charge in [-0.05, 0) is 12.8 Å². The molecule has 0 unspecified atom stereocenters. The molecule has 3 rings (SSSR count). The van der Waals surface area contributed by atoms with E-state index in [9.17, 15) is 9.59 Å². The summed E-state index contributed by atoms with van der Waals surface area (Å²) in [6.07, 6.45) is 5.45. The number of aromatic nitrogens is 2. The minimum Gasteiger partial charge on any atom is -0.350 e. The maximum Gasteiger partial charge on any atom is 0.317 e. The van der Waals surface area contributed by atoms with Crippen molar-refractivity contribution in [3.05, 3.63) is 18.2 Å². The van der Waals surface area contributed by atoms with E-state index in [1.165, 1.54) is 0 Å². The number of nitrogens with zero attached hydrogens (tertiary/aromatic N) is 3. The quantitative estimate of drug-likeness (QED) is 0.802. The number of urea groups is 1. The molecule has 0 spiro atoms. The number of carbonyl (C=O) groups is 2. The van der Waals surface area contributed by atoms with Crippen LogP contribution in [0.3, 0.4) is 0 Å². The van der Waals surface area contributed by atoms with Crippen LogP contribution in [0.1, 0.15) is 18.5 Å². The van der Waals surface area contributed by atoms with Gasteiger partial charge in [0.25, 0.3) is 0 Å². The molecule has 2 aliphatic rings. The first-order valence-corrected chi connectivity index (χ1v) is 6.92. The Bertz CT molecular complexity index is 517. The van der Waals surface area contributed by atoms with Gasteiger partial charge >= 0.3 is 6.03 Å². The van der Waals surface area contributed by atoms with Gasteiger partial charge in [-0.3, -0.25) is 4.79 Å². The third kappa shape index (κ3) is 2.76. The Hall–Kier alpha value is -2.05. The molecule has 2 heterocycles. The van der Waals surface area contributed by atoms with Crippen molar-refractivity contribution in [2.45, 2.75) is 25.4 Å². The molecule has 3 amide bonds. The minimum atomic E-state index is -0.0943. The third-order valence-corrected chi connectivity index (χ3v) is 3.80. The number of likely N-dealkylation sites (tertiary alicyclic amines) is 1. The van der Waals surface area contributed by atoms with E-state index in [2.05, 4.69) is 15.6 Å². The lowest BCUT2D eigenvalue weighted by atomic mass is 10.1. The highest BCUT2D eigenvalue weighted by Gasteiger charge is 2.36. The molecule has 1 saturated carbocycles. The SMILES string of the molecule is Cn1cncc1CNC(=O)N1CC(NC(=O)C2CC2)C1. The Morgan fingerprint density at radius 1 is 1.40 bits per heavy atom. The van der Waals surface area contributed by atoms with Gasteiger partial charge in [-0.2, -0.15) is 0 Å². The zero-order chi connectivity index (χ0) is 14.1. The Kier molecular flexibility index (Phi) is 3.33. The second kappa shape index (κ2) is 5.15. The molecular weight excluding hydrogens is 258 g/mol. The number of nitrogens with one attached hydrogen (secondary N) is 2. The molecule has 2 fully saturated rings. The smallest absolute Gasteiger partial charge is 0.317 e. The predicted molar refractivity (Wildman–Crippen MR) is 71.7 cm³/mol. The number of imidazole rings is 1. The van der Waals surface area contributed by atoms with Gasteiger partial charge in [0, 0.05) is 32.3 Å². The molecule has 0 atom stereocenters. The molecule has 1 aromatic rings. The molecule has 20 heavy (non-hydrogen) atoms. The van der Waals surface area contributed by atoms with Crippen molar-refractivity contribution in [2.75, 3.05) is 13.1 Å². The second-order valence-electron chi connectivity index (χ2n) is 5.54. The van der Waals surface area contributed by atoms with Crippen LogP contribution in [0.4, 0.5) is 4.79 Å². The van der Waals surface area contributed by atoms with Crippen molar-refractivity contribution in [1.29, 1.82) is 0 Å². The van der Waals surface area contributed by atoms with E-state index >= 15 is 0 Å². The van der Waals surface area contributed by atoms with Crippen LogP contribution in [0.2, 0.25) is 0 Å². The summed E-state index contributed by atoms with van der Waals surface area (Å²) in [5.41, 5.74) is 0.956. The van der Waals surface area contributed by atoms with Crippen LogP contribution in [0.25, 0.3) is 0 Å². The first-order chi connectivity index (χ1) is 9.63. The van der Waals surface area contributed by atoms with Crippen LogP contribution in [0.15, 0.2) is 12.5 Å². The van der Waals surface area contributed by atoms with Gasteiger partial charge in [0.1, 0.15) is 0 Å². The van der Waals surface area contributed by atoms with E-state index in [1.807, 2.05) is 11.6 Å². The number of amides is 3. The van der Waals surface area contributed by atoms with Crippen molar-refractivity contribution in [3.8, 4) is 0 Å². The maximum atomic E-state index is 11.9. The standard InChI is InChI=1S/C13H19N5O2/c1-17-8-14-4-11(17)5-15-13(20)18-6-10(7-18)16-12(19)9-2-3-9/h4,8-10H,2-3,5-7H2,1H3,(H,15,20)(H,16,19). The molecule has 1 aliphatic carbocycles. The number of rotatable bonds is 4. The molecule has 108 valence electrons. The summed E-state index contributed by atoms with van der Waals surface area (Å²) >= 11 is 0. The summed E-state index contributed by atoms with van der Waals surface area (Å²) in [5, 5.41) is 5.82. The molecule has 1 aromatic heterocycles. The number of carbonyl (C=O) groups excluding carboxylic acids is 2. The summed E-state index contributed by atoms with van der Waals surface area (Å²) < 4.78 is 1.87. The lowest BCUT2D eigenvalue weighted by Crippen LogP contribution is -2.63. The van der Waals surface area contributed by atoms with E-state index in [-0.39, 0.29) is 23.9 Å². The van der Waals surface area contributed by atoms with Gasteiger partial charge in [0.15, 0.2) is 0 Å². The molecule has 0 aromatic carbocycles.